The molecule has 0 saturated heterocycles. The van der Waals surface area contributed by atoms with E-state index in [9.17, 15) is 4.79 Å². The molecule has 0 bridgehead atoms. The summed E-state index contributed by atoms with van der Waals surface area (Å²) in [5, 5.41) is 2.96. The number of hydrogen-bond acceptors (Lipinski definition) is 6. The fourth-order valence-corrected chi connectivity index (χ4v) is 3.18. The minimum Gasteiger partial charge on any atom is -0.493 e. The Bertz CT molecular complexity index is 836. The molecule has 0 fully saturated rings. The second-order valence-corrected chi connectivity index (χ2v) is 6.31. The Kier molecular flexibility index (Phi) is 6.60. The first kappa shape index (κ1) is 19.8. The van der Waals surface area contributed by atoms with Crippen molar-refractivity contribution < 1.29 is 28.5 Å². The molecule has 0 unspecified atom stereocenters. The third kappa shape index (κ3) is 4.31. The molecule has 28 heavy (non-hydrogen) atoms. The Labute approximate surface area is 164 Å². The standard InChI is InChI=1S/C21H25NO6/c1-24-12-16-15(7-9-18(25-2)20(16)26-3)21(23)22-10-4-5-14-6-8-17-19(11-14)28-13-27-17/h6-9,11H,4-5,10,12-13H2,1-3H3,(H,22,23). The van der Waals surface area contributed by atoms with E-state index in [0.29, 0.717) is 29.2 Å². The molecular weight excluding hydrogens is 362 g/mol. The molecule has 1 amide bonds. The molecule has 1 aliphatic heterocycles. The second kappa shape index (κ2) is 9.32. The number of amides is 1. The van der Waals surface area contributed by atoms with Crippen LogP contribution in [0.5, 0.6) is 23.0 Å². The average Bonchev–Trinajstić information content (AvgIpc) is 3.18. The smallest absolute Gasteiger partial charge is 0.251 e. The van der Waals surface area contributed by atoms with Crippen LogP contribution in [0.4, 0.5) is 0 Å². The van der Waals surface area contributed by atoms with Crippen molar-refractivity contribution in [3.05, 3.63) is 47.0 Å². The van der Waals surface area contributed by atoms with Crippen LogP contribution in [-0.4, -0.2) is 40.6 Å². The van der Waals surface area contributed by atoms with E-state index < -0.39 is 0 Å². The lowest BCUT2D eigenvalue weighted by Gasteiger charge is -2.16. The molecule has 0 atom stereocenters. The highest BCUT2D eigenvalue weighted by Gasteiger charge is 2.19. The number of ether oxygens (including phenoxy) is 5. The van der Waals surface area contributed by atoms with Gasteiger partial charge < -0.3 is 29.0 Å². The third-order valence-corrected chi connectivity index (χ3v) is 4.55. The predicted molar refractivity (Wildman–Crippen MR) is 103 cm³/mol. The molecule has 150 valence electrons. The van der Waals surface area contributed by atoms with Gasteiger partial charge in [0.05, 0.1) is 20.8 Å². The zero-order chi connectivity index (χ0) is 19.9. The number of aryl methyl sites for hydroxylation is 1. The number of rotatable bonds is 9. The monoisotopic (exact) mass is 387 g/mol. The van der Waals surface area contributed by atoms with E-state index in [4.69, 9.17) is 23.7 Å². The largest absolute Gasteiger partial charge is 0.493 e. The molecule has 0 saturated carbocycles. The lowest BCUT2D eigenvalue weighted by molar-refractivity contribution is 0.0947. The highest BCUT2D eigenvalue weighted by molar-refractivity contribution is 5.96. The van der Waals surface area contributed by atoms with Gasteiger partial charge in [0, 0.05) is 24.8 Å². The molecule has 1 aliphatic rings. The first-order chi connectivity index (χ1) is 13.7. The molecule has 0 aliphatic carbocycles. The Morgan fingerprint density at radius 2 is 1.89 bits per heavy atom. The van der Waals surface area contributed by atoms with Gasteiger partial charge in [-0.15, -0.1) is 0 Å². The Morgan fingerprint density at radius 3 is 2.64 bits per heavy atom. The summed E-state index contributed by atoms with van der Waals surface area (Å²) >= 11 is 0. The maximum Gasteiger partial charge on any atom is 0.251 e. The van der Waals surface area contributed by atoms with Crippen molar-refractivity contribution in [2.45, 2.75) is 19.4 Å². The number of benzene rings is 2. The Hall–Kier alpha value is -2.93. The van der Waals surface area contributed by atoms with Crippen molar-refractivity contribution in [1.29, 1.82) is 0 Å². The molecule has 1 heterocycles. The molecule has 2 aromatic carbocycles. The van der Waals surface area contributed by atoms with Crippen molar-refractivity contribution >= 4 is 5.91 Å². The van der Waals surface area contributed by atoms with Gasteiger partial charge in [0.15, 0.2) is 23.0 Å². The second-order valence-electron chi connectivity index (χ2n) is 6.31. The van der Waals surface area contributed by atoms with Crippen LogP contribution >= 0.6 is 0 Å². The van der Waals surface area contributed by atoms with Crippen LogP contribution in [0.2, 0.25) is 0 Å². The number of carbonyl (C=O) groups excluding carboxylic acids is 1. The normalized spacial score (nSPS) is 12.0. The van der Waals surface area contributed by atoms with E-state index in [1.54, 1.807) is 33.5 Å². The van der Waals surface area contributed by atoms with E-state index in [2.05, 4.69) is 5.32 Å². The lowest BCUT2D eigenvalue weighted by atomic mass is 10.0. The zero-order valence-electron chi connectivity index (χ0n) is 16.4. The van der Waals surface area contributed by atoms with Crippen LogP contribution in [-0.2, 0) is 17.8 Å². The number of carbonyl (C=O) groups is 1. The van der Waals surface area contributed by atoms with Crippen LogP contribution in [0.3, 0.4) is 0 Å². The molecule has 0 spiro atoms. The topological polar surface area (TPSA) is 75.3 Å². The van der Waals surface area contributed by atoms with Gasteiger partial charge in [0.25, 0.3) is 5.91 Å². The first-order valence-corrected chi connectivity index (χ1v) is 9.07. The van der Waals surface area contributed by atoms with Gasteiger partial charge in [0.1, 0.15) is 0 Å². The molecular formula is C21H25NO6. The van der Waals surface area contributed by atoms with Gasteiger partial charge in [-0.3, -0.25) is 4.79 Å². The van der Waals surface area contributed by atoms with E-state index in [1.165, 1.54) is 0 Å². The van der Waals surface area contributed by atoms with Gasteiger partial charge >= 0.3 is 0 Å². The maximum absolute atomic E-state index is 12.7. The molecule has 2 aromatic rings. The van der Waals surface area contributed by atoms with Crippen LogP contribution in [0.15, 0.2) is 30.3 Å². The summed E-state index contributed by atoms with van der Waals surface area (Å²) in [6.45, 7) is 1.07. The van der Waals surface area contributed by atoms with E-state index in [-0.39, 0.29) is 19.3 Å². The summed E-state index contributed by atoms with van der Waals surface area (Å²) < 4.78 is 26.7. The number of fused-ring (bicyclic) bond motifs is 1. The molecule has 7 nitrogen and oxygen atoms in total. The summed E-state index contributed by atoms with van der Waals surface area (Å²) in [5.74, 6) is 2.46. The summed E-state index contributed by atoms with van der Waals surface area (Å²) in [6, 6.07) is 9.36. The molecule has 7 heteroatoms. The lowest BCUT2D eigenvalue weighted by Crippen LogP contribution is -2.26. The van der Waals surface area contributed by atoms with Crippen molar-refractivity contribution in [3.8, 4) is 23.0 Å². The van der Waals surface area contributed by atoms with Crippen LogP contribution < -0.4 is 24.3 Å². The van der Waals surface area contributed by atoms with Gasteiger partial charge in [-0.2, -0.15) is 0 Å². The van der Waals surface area contributed by atoms with Gasteiger partial charge in [-0.05, 0) is 42.7 Å². The highest BCUT2D eigenvalue weighted by Crippen LogP contribution is 2.34. The van der Waals surface area contributed by atoms with Crippen LogP contribution in [0.25, 0.3) is 0 Å². The SMILES string of the molecule is COCc1c(C(=O)NCCCc2ccc3c(c2)OCO3)ccc(OC)c1OC. The van der Waals surface area contributed by atoms with Crippen LogP contribution in [0.1, 0.15) is 27.9 Å². The van der Waals surface area contributed by atoms with E-state index in [1.807, 2.05) is 18.2 Å². The molecule has 1 N–H and O–H groups in total. The minimum absolute atomic E-state index is 0.168. The van der Waals surface area contributed by atoms with Gasteiger partial charge in [-0.25, -0.2) is 0 Å². The van der Waals surface area contributed by atoms with Gasteiger partial charge in [-0.1, -0.05) is 6.07 Å². The fraction of sp³-hybridized carbons (Fsp3) is 0.381. The molecule has 0 aromatic heterocycles. The van der Waals surface area contributed by atoms with Crippen molar-refractivity contribution in [3.63, 3.8) is 0 Å². The van der Waals surface area contributed by atoms with Crippen molar-refractivity contribution in [2.24, 2.45) is 0 Å². The van der Waals surface area contributed by atoms with Crippen molar-refractivity contribution in [2.75, 3.05) is 34.7 Å². The van der Waals surface area contributed by atoms with Crippen molar-refractivity contribution in [1.82, 2.24) is 5.32 Å². The average molecular weight is 387 g/mol. The Morgan fingerprint density at radius 1 is 1.07 bits per heavy atom. The first-order valence-electron chi connectivity index (χ1n) is 9.07. The highest BCUT2D eigenvalue weighted by atomic mass is 16.7. The number of hydrogen-bond donors (Lipinski definition) is 1. The summed E-state index contributed by atoms with van der Waals surface area (Å²) in [5.41, 5.74) is 2.32. The fourth-order valence-electron chi connectivity index (χ4n) is 3.18. The van der Waals surface area contributed by atoms with E-state index >= 15 is 0 Å². The maximum atomic E-state index is 12.7. The zero-order valence-corrected chi connectivity index (χ0v) is 16.4. The molecule has 3 rings (SSSR count). The summed E-state index contributed by atoms with van der Waals surface area (Å²) in [6.07, 6.45) is 1.63. The Balaban J connectivity index is 1.60. The summed E-state index contributed by atoms with van der Waals surface area (Å²) in [4.78, 5) is 12.7. The van der Waals surface area contributed by atoms with Gasteiger partial charge in [0.2, 0.25) is 6.79 Å². The minimum atomic E-state index is -0.168. The number of nitrogens with one attached hydrogen (secondary N) is 1. The van der Waals surface area contributed by atoms with Crippen LogP contribution in [0, 0.1) is 0 Å². The number of methoxy groups -OCH3 is 3. The predicted octanol–water partition coefficient (Wildman–Crippen LogP) is 2.94. The summed E-state index contributed by atoms with van der Waals surface area (Å²) in [7, 11) is 4.68. The van der Waals surface area contributed by atoms with E-state index in [0.717, 1.165) is 29.9 Å². The quantitative estimate of drug-likeness (QED) is 0.667. The molecule has 0 radical (unpaired) electrons. The third-order valence-electron chi connectivity index (χ3n) is 4.55.